The van der Waals surface area contributed by atoms with E-state index < -0.39 is 11.9 Å². The van der Waals surface area contributed by atoms with Crippen LogP contribution in [0.3, 0.4) is 0 Å². The Morgan fingerprint density at radius 3 is 2.69 bits per heavy atom. The van der Waals surface area contributed by atoms with Crippen LogP contribution < -0.4 is 14.2 Å². The Labute approximate surface area is 165 Å². The first-order valence-corrected chi connectivity index (χ1v) is 8.84. The Morgan fingerprint density at radius 1 is 1.14 bits per heavy atom. The van der Waals surface area contributed by atoms with E-state index in [-0.39, 0.29) is 17.7 Å². The van der Waals surface area contributed by atoms with Crippen LogP contribution in [0.5, 0.6) is 17.5 Å². The summed E-state index contributed by atoms with van der Waals surface area (Å²) in [6.07, 6.45) is 2.32. The second kappa shape index (κ2) is 8.09. The molecule has 1 aliphatic heterocycles. The van der Waals surface area contributed by atoms with Crippen LogP contribution in [0.2, 0.25) is 0 Å². The van der Waals surface area contributed by atoms with E-state index >= 15 is 0 Å². The van der Waals surface area contributed by atoms with E-state index in [0.29, 0.717) is 30.1 Å². The molecule has 0 saturated carbocycles. The molecule has 0 bridgehead atoms. The largest absolute Gasteiger partial charge is 0.494 e. The molecule has 0 unspecified atom stereocenters. The maximum Gasteiger partial charge on any atom is 0.416 e. The molecule has 29 heavy (non-hydrogen) atoms. The predicted molar refractivity (Wildman–Crippen MR) is 100 cm³/mol. The Morgan fingerprint density at radius 2 is 2.00 bits per heavy atom. The Bertz CT molecular complexity index is 995. The maximum atomic E-state index is 14.4. The molecule has 1 saturated heterocycles. The molecule has 1 aromatic carbocycles. The summed E-state index contributed by atoms with van der Waals surface area (Å²) < 4.78 is 30.2. The number of ether oxygens (including phenoxy) is 3. The summed E-state index contributed by atoms with van der Waals surface area (Å²) in [5.74, 6) is 0.264. The lowest BCUT2D eigenvalue weighted by Crippen LogP contribution is -2.57. The van der Waals surface area contributed by atoms with Crippen molar-refractivity contribution in [2.45, 2.75) is 6.10 Å². The van der Waals surface area contributed by atoms with Gasteiger partial charge in [-0.05, 0) is 18.2 Å². The summed E-state index contributed by atoms with van der Waals surface area (Å²) in [5, 5.41) is 7.35. The zero-order valence-corrected chi connectivity index (χ0v) is 15.5. The van der Waals surface area contributed by atoms with Gasteiger partial charge in [-0.1, -0.05) is 12.1 Å². The van der Waals surface area contributed by atoms with Crippen LogP contribution in [0.25, 0.3) is 11.1 Å². The highest BCUT2D eigenvalue weighted by Gasteiger charge is 2.34. The second-order valence-corrected chi connectivity index (χ2v) is 6.28. The first kappa shape index (κ1) is 18.6. The number of likely N-dealkylation sites (tertiary alicyclic amines) is 1. The minimum Gasteiger partial charge on any atom is -0.494 e. The van der Waals surface area contributed by atoms with Crippen molar-refractivity contribution >= 4 is 6.09 Å². The Balaban J connectivity index is 1.32. The van der Waals surface area contributed by atoms with E-state index in [1.165, 1.54) is 24.4 Å². The number of methoxy groups -OCH3 is 1. The van der Waals surface area contributed by atoms with Gasteiger partial charge >= 0.3 is 6.09 Å². The fourth-order valence-corrected chi connectivity index (χ4v) is 2.83. The first-order chi connectivity index (χ1) is 14.1. The molecule has 9 heteroatoms. The zero-order valence-electron chi connectivity index (χ0n) is 15.5. The quantitative estimate of drug-likeness (QED) is 0.655. The number of halogens is 1. The van der Waals surface area contributed by atoms with Gasteiger partial charge in [0.15, 0.2) is 11.6 Å². The van der Waals surface area contributed by atoms with Gasteiger partial charge in [-0.15, -0.1) is 5.10 Å². The molecule has 0 radical (unpaired) electrons. The smallest absolute Gasteiger partial charge is 0.416 e. The van der Waals surface area contributed by atoms with Crippen molar-refractivity contribution in [1.82, 2.24) is 20.1 Å². The molecule has 8 nitrogen and oxygen atoms in total. The second-order valence-electron chi connectivity index (χ2n) is 6.28. The van der Waals surface area contributed by atoms with E-state index in [4.69, 9.17) is 14.2 Å². The maximum absolute atomic E-state index is 14.4. The standard InChI is InChI=1S/C20H17FN4O4/c1-27-16-5-2-4-15(19(16)21)13-7-8-17(22-10-13)28-14-11-25(12-14)20(26)29-18-6-3-9-23-24-18/h2-10,14H,11-12H2,1H3. The van der Waals surface area contributed by atoms with Crippen LogP contribution in [0.4, 0.5) is 9.18 Å². The van der Waals surface area contributed by atoms with Crippen molar-refractivity contribution in [1.29, 1.82) is 0 Å². The van der Waals surface area contributed by atoms with Gasteiger partial charge in [-0.25, -0.2) is 14.2 Å². The number of carbonyl (C=O) groups excluding carboxylic acids is 1. The molecule has 0 atom stereocenters. The molecule has 3 heterocycles. The fraction of sp³-hybridized carbons (Fsp3) is 0.200. The molecule has 1 fully saturated rings. The number of amides is 1. The summed E-state index contributed by atoms with van der Waals surface area (Å²) in [5.41, 5.74) is 1.00. The third-order valence-corrected chi connectivity index (χ3v) is 4.36. The normalized spacial score (nSPS) is 13.5. The van der Waals surface area contributed by atoms with Crippen LogP contribution in [0.1, 0.15) is 0 Å². The lowest BCUT2D eigenvalue weighted by atomic mass is 10.1. The third-order valence-electron chi connectivity index (χ3n) is 4.36. The molecule has 1 amide bonds. The van der Waals surface area contributed by atoms with Crippen molar-refractivity contribution < 1.29 is 23.4 Å². The lowest BCUT2D eigenvalue weighted by molar-refractivity contribution is 0.0253. The number of aromatic nitrogens is 3. The highest BCUT2D eigenvalue weighted by atomic mass is 19.1. The van der Waals surface area contributed by atoms with Gasteiger partial charge in [-0.3, -0.25) is 0 Å². The number of benzene rings is 1. The van der Waals surface area contributed by atoms with E-state index in [2.05, 4.69) is 15.2 Å². The SMILES string of the molecule is COc1cccc(-c2ccc(OC3CN(C(=O)Oc4cccnn4)C3)nc2)c1F. The topological polar surface area (TPSA) is 86.7 Å². The third kappa shape index (κ3) is 4.08. The van der Waals surface area contributed by atoms with Crippen molar-refractivity contribution in [3.8, 4) is 28.6 Å². The first-order valence-electron chi connectivity index (χ1n) is 8.84. The van der Waals surface area contributed by atoms with Gasteiger partial charge in [0.25, 0.3) is 0 Å². The Kier molecular flexibility index (Phi) is 5.19. The van der Waals surface area contributed by atoms with Gasteiger partial charge in [0.2, 0.25) is 11.8 Å². The number of rotatable bonds is 5. The summed E-state index contributed by atoms with van der Waals surface area (Å²) in [6.45, 7) is 0.736. The minimum atomic E-state index is -0.512. The molecular weight excluding hydrogens is 379 g/mol. The van der Waals surface area contributed by atoms with Crippen LogP contribution in [0, 0.1) is 5.82 Å². The molecule has 0 aliphatic carbocycles. The highest BCUT2D eigenvalue weighted by molar-refractivity contribution is 5.71. The van der Waals surface area contributed by atoms with Gasteiger partial charge < -0.3 is 19.1 Å². The van der Waals surface area contributed by atoms with E-state index in [1.54, 1.807) is 42.5 Å². The van der Waals surface area contributed by atoms with Gasteiger partial charge in [-0.2, -0.15) is 5.10 Å². The van der Waals surface area contributed by atoms with Crippen molar-refractivity contribution in [2.24, 2.45) is 0 Å². The Hall–Kier alpha value is -3.75. The highest BCUT2D eigenvalue weighted by Crippen LogP contribution is 2.29. The number of hydrogen-bond donors (Lipinski definition) is 0. The molecule has 4 rings (SSSR count). The summed E-state index contributed by atoms with van der Waals surface area (Å²) in [7, 11) is 1.42. The summed E-state index contributed by atoms with van der Waals surface area (Å²) in [4.78, 5) is 17.7. The molecule has 3 aromatic rings. The zero-order chi connectivity index (χ0) is 20.2. The van der Waals surface area contributed by atoms with Crippen LogP contribution in [0.15, 0.2) is 54.9 Å². The molecular formula is C20H17FN4O4. The van der Waals surface area contributed by atoms with Gasteiger partial charge in [0.1, 0.15) is 6.10 Å². The monoisotopic (exact) mass is 396 g/mol. The molecule has 1 aliphatic rings. The molecule has 0 spiro atoms. The minimum absolute atomic E-state index is 0.142. The van der Waals surface area contributed by atoms with Gasteiger partial charge in [0.05, 0.1) is 20.2 Å². The summed E-state index contributed by atoms with van der Waals surface area (Å²) >= 11 is 0. The van der Waals surface area contributed by atoms with Crippen LogP contribution in [-0.4, -0.2) is 52.5 Å². The molecule has 0 N–H and O–H groups in total. The van der Waals surface area contributed by atoms with E-state index in [0.717, 1.165) is 0 Å². The van der Waals surface area contributed by atoms with Gasteiger partial charge in [0, 0.05) is 35.7 Å². The predicted octanol–water partition coefficient (Wildman–Crippen LogP) is 2.95. The van der Waals surface area contributed by atoms with Crippen LogP contribution in [-0.2, 0) is 0 Å². The average molecular weight is 396 g/mol. The number of hydrogen-bond acceptors (Lipinski definition) is 7. The summed E-state index contributed by atoms with van der Waals surface area (Å²) in [6, 6.07) is 11.5. The van der Waals surface area contributed by atoms with Crippen molar-refractivity contribution in [3.05, 3.63) is 60.7 Å². The van der Waals surface area contributed by atoms with Crippen molar-refractivity contribution in [2.75, 3.05) is 20.2 Å². The van der Waals surface area contributed by atoms with Crippen LogP contribution >= 0.6 is 0 Å². The average Bonchev–Trinajstić information content (AvgIpc) is 2.72. The fourth-order valence-electron chi connectivity index (χ4n) is 2.83. The number of nitrogens with zero attached hydrogens (tertiary/aromatic N) is 4. The molecule has 2 aromatic heterocycles. The number of carbonyl (C=O) groups is 1. The van der Waals surface area contributed by atoms with Crippen molar-refractivity contribution in [3.63, 3.8) is 0 Å². The van der Waals surface area contributed by atoms with E-state index in [1.807, 2.05) is 0 Å². The lowest BCUT2D eigenvalue weighted by Gasteiger charge is -2.37. The number of pyridine rings is 1. The molecule has 148 valence electrons. The van der Waals surface area contributed by atoms with E-state index in [9.17, 15) is 9.18 Å².